The summed E-state index contributed by atoms with van der Waals surface area (Å²) in [6.07, 6.45) is 3.52. The van der Waals surface area contributed by atoms with Gasteiger partial charge in [0.2, 0.25) is 5.91 Å². The second-order valence-electron chi connectivity index (χ2n) is 8.50. The summed E-state index contributed by atoms with van der Waals surface area (Å²) in [5, 5.41) is 12.8. The van der Waals surface area contributed by atoms with Crippen molar-refractivity contribution in [1.29, 1.82) is 5.26 Å². The molecule has 1 amide bonds. The number of aromatic nitrogens is 1. The average molecular weight is 463 g/mol. The van der Waals surface area contributed by atoms with E-state index in [1.54, 1.807) is 20.5 Å². The minimum Gasteiger partial charge on any atom is -0.497 e. The maximum atomic E-state index is 13.2. The Morgan fingerprint density at radius 3 is 2.76 bits per heavy atom. The fourth-order valence-corrected chi connectivity index (χ4v) is 4.71. The van der Waals surface area contributed by atoms with E-state index < -0.39 is 0 Å². The van der Waals surface area contributed by atoms with E-state index in [1.165, 1.54) is 0 Å². The number of nitrogens with one attached hydrogen (secondary N) is 1. The molecule has 1 aliphatic heterocycles. The molecule has 0 spiro atoms. The van der Waals surface area contributed by atoms with Crippen LogP contribution in [-0.4, -0.2) is 42.7 Å². The highest BCUT2D eigenvalue weighted by atomic mass is 16.5. The van der Waals surface area contributed by atoms with E-state index in [9.17, 15) is 10.1 Å². The van der Waals surface area contributed by atoms with Crippen LogP contribution in [0.3, 0.4) is 0 Å². The molecule has 0 saturated carbocycles. The maximum absolute atomic E-state index is 13.2. The van der Waals surface area contributed by atoms with Crippen molar-refractivity contribution in [2.75, 3.05) is 32.6 Å². The fourth-order valence-electron chi connectivity index (χ4n) is 4.71. The summed E-state index contributed by atoms with van der Waals surface area (Å²) in [7, 11) is 3.29. The minimum atomic E-state index is -0.163. The summed E-state index contributed by atoms with van der Waals surface area (Å²) in [6.45, 7) is 5.29. The van der Waals surface area contributed by atoms with Crippen LogP contribution < -0.4 is 14.8 Å². The molecule has 0 bridgehead atoms. The van der Waals surface area contributed by atoms with Gasteiger partial charge in [-0.25, -0.2) is 0 Å². The molecule has 3 heterocycles. The van der Waals surface area contributed by atoms with E-state index in [4.69, 9.17) is 13.9 Å². The van der Waals surface area contributed by atoms with Gasteiger partial charge in [0, 0.05) is 17.3 Å². The molecular weight excluding hydrogens is 432 g/mol. The quantitative estimate of drug-likeness (QED) is 0.533. The third-order valence-corrected chi connectivity index (χ3v) is 6.60. The van der Waals surface area contributed by atoms with Crippen LogP contribution in [-0.2, 0) is 11.3 Å². The Balaban J connectivity index is 1.56. The summed E-state index contributed by atoms with van der Waals surface area (Å²) < 4.78 is 18.4. The number of methoxy groups -OCH3 is 2. The van der Waals surface area contributed by atoms with Crippen LogP contribution in [0.2, 0.25) is 0 Å². The molecular formula is C26H30N4O4. The maximum Gasteiger partial charge on any atom is 0.239 e. The van der Waals surface area contributed by atoms with Crippen LogP contribution in [0.4, 0.5) is 5.82 Å². The highest BCUT2D eigenvalue weighted by Crippen LogP contribution is 2.39. The van der Waals surface area contributed by atoms with Gasteiger partial charge in [-0.1, -0.05) is 0 Å². The highest BCUT2D eigenvalue weighted by Gasteiger charge is 2.31. The van der Waals surface area contributed by atoms with Crippen molar-refractivity contribution in [1.82, 2.24) is 9.47 Å². The fraction of sp³-hybridized carbons (Fsp3) is 0.385. The highest BCUT2D eigenvalue weighted by molar-refractivity contribution is 5.93. The largest absolute Gasteiger partial charge is 0.497 e. The van der Waals surface area contributed by atoms with E-state index in [2.05, 4.69) is 16.3 Å². The van der Waals surface area contributed by atoms with Gasteiger partial charge in [-0.05, 0) is 69.1 Å². The van der Waals surface area contributed by atoms with Gasteiger partial charge in [-0.2, -0.15) is 5.26 Å². The van der Waals surface area contributed by atoms with Gasteiger partial charge in [0.1, 0.15) is 29.1 Å². The molecule has 1 aromatic carbocycles. The van der Waals surface area contributed by atoms with Crippen LogP contribution in [0.5, 0.6) is 11.5 Å². The number of ether oxygens (including phenoxy) is 2. The molecule has 0 radical (unpaired) electrons. The van der Waals surface area contributed by atoms with E-state index in [1.807, 2.05) is 48.7 Å². The minimum absolute atomic E-state index is 0.0459. The molecule has 1 N–H and O–H groups in total. The van der Waals surface area contributed by atoms with Crippen molar-refractivity contribution in [3.8, 4) is 17.6 Å². The lowest BCUT2D eigenvalue weighted by Gasteiger charge is -2.26. The molecule has 0 aliphatic carbocycles. The van der Waals surface area contributed by atoms with E-state index >= 15 is 0 Å². The molecule has 1 aliphatic rings. The van der Waals surface area contributed by atoms with Gasteiger partial charge in [0.05, 0.1) is 39.1 Å². The lowest BCUT2D eigenvalue weighted by Crippen LogP contribution is -2.33. The molecule has 4 rings (SSSR count). The van der Waals surface area contributed by atoms with Gasteiger partial charge in [0.25, 0.3) is 0 Å². The molecule has 8 nitrogen and oxygen atoms in total. The summed E-state index contributed by atoms with van der Waals surface area (Å²) in [5.74, 6) is 2.63. The van der Waals surface area contributed by atoms with Crippen molar-refractivity contribution in [2.45, 2.75) is 39.3 Å². The Kier molecular flexibility index (Phi) is 6.94. The van der Waals surface area contributed by atoms with Gasteiger partial charge >= 0.3 is 0 Å². The molecule has 178 valence electrons. The number of furan rings is 1. The average Bonchev–Trinajstić information content (AvgIpc) is 3.57. The molecule has 1 unspecified atom stereocenters. The number of hydrogen-bond acceptors (Lipinski definition) is 6. The molecule has 3 aromatic rings. The summed E-state index contributed by atoms with van der Waals surface area (Å²) in [4.78, 5) is 15.4. The first-order valence-corrected chi connectivity index (χ1v) is 11.3. The van der Waals surface area contributed by atoms with Crippen molar-refractivity contribution < 1.29 is 18.7 Å². The van der Waals surface area contributed by atoms with Gasteiger partial charge in [-0.3, -0.25) is 9.69 Å². The monoisotopic (exact) mass is 462 g/mol. The van der Waals surface area contributed by atoms with Crippen LogP contribution in [0.1, 0.15) is 47.0 Å². The Morgan fingerprint density at radius 1 is 1.26 bits per heavy atom. The smallest absolute Gasteiger partial charge is 0.239 e. The lowest BCUT2D eigenvalue weighted by molar-refractivity contribution is -0.117. The van der Waals surface area contributed by atoms with Gasteiger partial charge < -0.3 is 23.8 Å². The zero-order valence-corrected chi connectivity index (χ0v) is 20.1. The molecule has 1 fully saturated rings. The van der Waals surface area contributed by atoms with Crippen molar-refractivity contribution in [2.24, 2.45) is 0 Å². The Labute approximate surface area is 199 Å². The van der Waals surface area contributed by atoms with Crippen LogP contribution in [0.15, 0.2) is 41.0 Å². The summed E-state index contributed by atoms with van der Waals surface area (Å²) in [5.41, 5.74) is 3.26. The van der Waals surface area contributed by atoms with Crippen molar-refractivity contribution in [3.63, 3.8) is 0 Å². The number of hydrogen-bond donors (Lipinski definition) is 1. The topological polar surface area (TPSA) is 92.7 Å². The number of nitrogens with zero attached hydrogens (tertiary/aromatic N) is 3. The molecule has 1 saturated heterocycles. The number of benzene rings is 1. The van der Waals surface area contributed by atoms with E-state index in [0.717, 1.165) is 53.5 Å². The molecule has 8 heteroatoms. The van der Waals surface area contributed by atoms with Crippen LogP contribution >= 0.6 is 0 Å². The molecule has 2 aromatic heterocycles. The second kappa shape index (κ2) is 10.1. The number of carbonyl (C=O) groups excluding carboxylic acids is 1. The van der Waals surface area contributed by atoms with Crippen molar-refractivity contribution >= 4 is 11.7 Å². The van der Waals surface area contributed by atoms with Gasteiger partial charge in [-0.15, -0.1) is 0 Å². The number of nitriles is 1. The zero-order chi connectivity index (χ0) is 24.2. The lowest BCUT2D eigenvalue weighted by atomic mass is 10.0. The zero-order valence-electron chi connectivity index (χ0n) is 20.1. The summed E-state index contributed by atoms with van der Waals surface area (Å²) in [6, 6.07) is 11.8. The first-order chi connectivity index (χ1) is 16.5. The number of carbonyl (C=O) groups is 1. The second-order valence-corrected chi connectivity index (χ2v) is 8.50. The number of anilines is 1. The first-order valence-electron chi connectivity index (χ1n) is 11.3. The predicted molar refractivity (Wildman–Crippen MR) is 128 cm³/mol. The molecule has 1 atom stereocenters. The van der Waals surface area contributed by atoms with Crippen LogP contribution in [0.25, 0.3) is 0 Å². The predicted octanol–water partition coefficient (Wildman–Crippen LogP) is 4.41. The Morgan fingerprint density at radius 2 is 2.09 bits per heavy atom. The first kappa shape index (κ1) is 23.5. The number of likely N-dealkylation sites (tertiary alicyclic amines) is 1. The van der Waals surface area contributed by atoms with Crippen molar-refractivity contribution in [3.05, 3.63) is 64.7 Å². The Bertz CT molecular complexity index is 1210. The van der Waals surface area contributed by atoms with E-state index in [-0.39, 0.29) is 18.5 Å². The standard InChI is InChI=1S/C26H30N4O4/c1-17-18(2)30(15-20-7-6-12-34-20)26(22(17)14-27)28-25(31)16-29-11-5-8-23(29)21-13-19(32-3)9-10-24(21)33-4/h6-7,9-10,12-13,23H,5,8,11,15-16H2,1-4H3,(H,28,31). The summed E-state index contributed by atoms with van der Waals surface area (Å²) >= 11 is 0. The third-order valence-electron chi connectivity index (χ3n) is 6.60. The SMILES string of the molecule is COc1ccc(OC)c(C2CCCN2CC(=O)Nc2c(C#N)c(C)c(C)n2Cc2ccco2)c1. The van der Waals surface area contributed by atoms with Gasteiger partial charge in [0.15, 0.2) is 0 Å². The van der Waals surface area contributed by atoms with Crippen LogP contribution in [0, 0.1) is 25.2 Å². The number of amides is 1. The molecule has 34 heavy (non-hydrogen) atoms. The normalized spacial score (nSPS) is 15.8. The van der Waals surface area contributed by atoms with E-state index in [0.29, 0.717) is 17.9 Å². The Hall–Kier alpha value is -3.70. The third kappa shape index (κ3) is 4.52. The number of rotatable bonds is 8.